The van der Waals surface area contributed by atoms with Gasteiger partial charge < -0.3 is 4.90 Å². The first kappa shape index (κ1) is 16.5. The monoisotopic (exact) mass is 353 g/mol. The molecule has 0 unspecified atom stereocenters. The molecule has 0 bridgehead atoms. The fourth-order valence-corrected chi connectivity index (χ4v) is 3.37. The van der Waals surface area contributed by atoms with E-state index in [0.717, 1.165) is 31.4 Å². The van der Waals surface area contributed by atoms with Crippen LogP contribution in [0.2, 0.25) is 5.02 Å². The molecule has 0 saturated heterocycles. The highest BCUT2D eigenvalue weighted by Crippen LogP contribution is 2.29. The number of carbonyl (C=O) groups is 1. The van der Waals surface area contributed by atoms with Crippen LogP contribution in [-0.2, 0) is 9.05 Å². The van der Waals surface area contributed by atoms with E-state index in [0.29, 0.717) is 12.5 Å². The maximum atomic E-state index is 13.6. The quantitative estimate of drug-likeness (QED) is 0.780. The van der Waals surface area contributed by atoms with Crippen LogP contribution < -0.4 is 0 Å². The summed E-state index contributed by atoms with van der Waals surface area (Å²) in [4.78, 5) is 13.0. The normalized spacial score (nSPS) is 15.6. The van der Waals surface area contributed by atoms with Crippen LogP contribution in [0.15, 0.2) is 17.0 Å². The third-order valence-electron chi connectivity index (χ3n) is 3.62. The smallest absolute Gasteiger partial charge is 0.264 e. The molecule has 1 aromatic rings. The average Bonchev–Trinajstić information content (AvgIpc) is 2.31. The highest BCUT2D eigenvalue weighted by molar-refractivity contribution is 8.13. The van der Waals surface area contributed by atoms with E-state index >= 15 is 0 Å². The van der Waals surface area contributed by atoms with Crippen LogP contribution in [0, 0.1) is 11.7 Å². The number of benzene rings is 1. The SMILES string of the molecule is CN(CC1CCC1)C(=O)c1cc(S(=O)(=O)Cl)c(F)cc1Cl. The maximum absolute atomic E-state index is 13.6. The van der Waals surface area contributed by atoms with Crippen LogP contribution in [0.5, 0.6) is 0 Å². The van der Waals surface area contributed by atoms with Gasteiger partial charge >= 0.3 is 0 Å². The minimum absolute atomic E-state index is 0.0703. The van der Waals surface area contributed by atoms with E-state index in [9.17, 15) is 17.6 Å². The van der Waals surface area contributed by atoms with Gasteiger partial charge in [0.1, 0.15) is 10.7 Å². The Morgan fingerprint density at radius 2 is 2.05 bits per heavy atom. The minimum atomic E-state index is -4.28. The zero-order chi connectivity index (χ0) is 15.8. The van der Waals surface area contributed by atoms with Gasteiger partial charge in [-0.1, -0.05) is 18.0 Å². The first-order chi connectivity index (χ1) is 9.70. The summed E-state index contributed by atoms with van der Waals surface area (Å²) in [7, 11) is 2.48. The zero-order valence-corrected chi connectivity index (χ0v) is 13.6. The summed E-state index contributed by atoms with van der Waals surface area (Å²) in [5, 5.41) is -0.137. The van der Waals surface area contributed by atoms with Crippen molar-refractivity contribution in [1.82, 2.24) is 4.90 Å². The van der Waals surface area contributed by atoms with Gasteiger partial charge in [-0.2, -0.15) is 0 Å². The molecule has 0 aromatic heterocycles. The van der Waals surface area contributed by atoms with Gasteiger partial charge in [-0.05, 0) is 30.9 Å². The molecule has 4 nitrogen and oxygen atoms in total. The van der Waals surface area contributed by atoms with Gasteiger partial charge in [-0.3, -0.25) is 4.79 Å². The Labute approximate surface area is 132 Å². The van der Waals surface area contributed by atoms with Crippen LogP contribution in [0.3, 0.4) is 0 Å². The fourth-order valence-electron chi connectivity index (χ4n) is 2.23. The number of hydrogen-bond donors (Lipinski definition) is 0. The van der Waals surface area contributed by atoms with Gasteiger partial charge in [0.25, 0.3) is 15.0 Å². The number of rotatable bonds is 4. The van der Waals surface area contributed by atoms with E-state index in [1.165, 1.54) is 4.90 Å². The van der Waals surface area contributed by atoms with Gasteiger partial charge in [-0.15, -0.1) is 0 Å². The lowest BCUT2D eigenvalue weighted by atomic mass is 9.85. The van der Waals surface area contributed by atoms with Crippen molar-refractivity contribution >= 4 is 37.2 Å². The Morgan fingerprint density at radius 3 is 2.52 bits per heavy atom. The predicted octanol–water partition coefficient (Wildman–Crippen LogP) is 3.28. The highest BCUT2D eigenvalue weighted by Gasteiger charge is 2.26. The summed E-state index contributed by atoms with van der Waals surface area (Å²) in [5.41, 5.74) is -0.0703. The highest BCUT2D eigenvalue weighted by atomic mass is 35.7. The number of carbonyl (C=O) groups excluding carboxylic acids is 1. The largest absolute Gasteiger partial charge is 0.341 e. The molecule has 0 radical (unpaired) electrons. The van der Waals surface area contributed by atoms with Crippen molar-refractivity contribution < 1.29 is 17.6 Å². The maximum Gasteiger partial charge on any atom is 0.264 e. The van der Waals surface area contributed by atoms with Crippen LogP contribution in [0.4, 0.5) is 4.39 Å². The van der Waals surface area contributed by atoms with Crippen molar-refractivity contribution in [3.63, 3.8) is 0 Å². The van der Waals surface area contributed by atoms with Gasteiger partial charge in [0.2, 0.25) is 0 Å². The van der Waals surface area contributed by atoms with E-state index in [-0.39, 0.29) is 10.6 Å². The number of nitrogens with zero attached hydrogens (tertiary/aromatic N) is 1. The van der Waals surface area contributed by atoms with Gasteiger partial charge in [0.05, 0.1) is 10.6 Å². The van der Waals surface area contributed by atoms with E-state index in [1.54, 1.807) is 7.05 Å². The molecule has 1 fully saturated rings. The van der Waals surface area contributed by atoms with Gasteiger partial charge in [0, 0.05) is 24.3 Å². The lowest BCUT2D eigenvalue weighted by molar-refractivity contribution is 0.0745. The minimum Gasteiger partial charge on any atom is -0.341 e. The summed E-state index contributed by atoms with van der Waals surface area (Å²) >= 11 is 5.85. The molecule has 1 saturated carbocycles. The predicted molar refractivity (Wildman–Crippen MR) is 78.8 cm³/mol. The second-order valence-electron chi connectivity index (χ2n) is 5.18. The van der Waals surface area contributed by atoms with Crippen molar-refractivity contribution in [2.24, 2.45) is 5.92 Å². The number of halogens is 3. The van der Waals surface area contributed by atoms with Crippen molar-refractivity contribution in [2.45, 2.75) is 24.2 Å². The molecule has 0 spiro atoms. The number of hydrogen-bond acceptors (Lipinski definition) is 3. The topological polar surface area (TPSA) is 54.5 Å². The van der Waals surface area contributed by atoms with Crippen LogP contribution in [-0.4, -0.2) is 32.8 Å². The molecule has 1 aliphatic rings. The summed E-state index contributed by atoms with van der Waals surface area (Å²) in [6.45, 7) is 0.565. The molecule has 21 heavy (non-hydrogen) atoms. The molecule has 1 amide bonds. The summed E-state index contributed by atoms with van der Waals surface area (Å²) in [5.74, 6) is -1.07. The third kappa shape index (κ3) is 3.67. The molecule has 0 heterocycles. The molecule has 0 atom stereocenters. The van der Waals surface area contributed by atoms with E-state index < -0.39 is 25.7 Å². The van der Waals surface area contributed by atoms with Crippen molar-refractivity contribution in [3.05, 3.63) is 28.5 Å². The van der Waals surface area contributed by atoms with E-state index in [2.05, 4.69) is 0 Å². The Balaban J connectivity index is 2.31. The Hall–Kier alpha value is -0.850. The lowest BCUT2D eigenvalue weighted by Crippen LogP contribution is -2.34. The molecule has 1 aromatic carbocycles. The molecule has 0 N–H and O–H groups in total. The zero-order valence-electron chi connectivity index (χ0n) is 11.3. The molecule has 8 heteroatoms. The van der Waals surface area contributed by atoms with E-state index in [4.69, 9.17) is 22.3 Å². The van der Waals surface area contributed by atoms with Crippen LogP contribution in [0.25, 0.3) is 0 Å². The van der Waals surface area contributed by atoms with Crippen molar-refractivity contribution in [2.75, 3.05) is 13.6 Å². The second kappa shape index (κ2) is 6.10. The Kier molecular flexibility index (Phi) is 4.80. The average molecular weight is 354 g/mol. The third-order valence-corrected chi connectivity index (χ3v) is 5.27. The summed E-state index contributed by atoms with van der Waals surface area (Å²) < 4.78 is 36.2. The van der Waals surface area contributed by atoms with E-state index in [1.807, 2.05) is 0 Å². The molecular weight excluding hydrogens is 340 g/mol. The Bertz CT molecular complexity index is 674. The molecule has 116 valence electrons. The van der Waals surface area contributed by atoms with Crippen molar-refractivity contribution in [3.8, 4) is 0 Å². The first-order valence-electron chi connectivity index (χ1n) is 6.39. The Morgan fingerprint density at radius 1 is 1.43 bits per heavy atom. The lowest BCUT2D eigenvalue weighted by Gasteiger charge is -2.30. The summed E-state index contributed by atoms with van der Waals surface area (Å²) in [6, 6.07) is 1.68. The van der Waals surface area contributed by atoms with Gasteiger partial charge in [-0.25, -0.2) is 12.8 Å². The molecule has 1 aliphatic carbocycles. The molecule has 0 aliphatic heterocycles. The second-order valence-corrected chi connectivity index (χ2v) is 8.12. The number of amides is 1. The standard InChI is InChI=1S/C13H14Cl2FNO3S/c1-17(7-8-3-2-4-8)13(18)9-5-12(21(15,19)20)11(16)6-10(9)14/h5-6,8H,2-4,7H2,1H3. The van der Waals surface area contributed by atoms with Crippen LogP contribution >= 0.6 is 22.3 Å². The fraction of sp³-hybridized carbons (Fsp3) is 0.462. The molecule has 2 rings (SSSR count). The first-order valence-corrected chi connectivity index (χ1v) is 9.08. The molecular formula is C13H14Cl2FNO3S. The summed E-state index contributed by atoms with van der Waals surface area (Å²) in [6.07, 6.45) is 3.28. The van der Waals surface area contributed by atoms with Crippen LogP contribution in [0.1, 0.15) is 29.6 Å². The van der Waals surface area contributed by atoms with Crippen molar-refractivity contribution in [1.29, 1.82) is 0 Å². The van der Waals surface area contributed by atoms with Gasteiger partial charge in [0.15, 0.2) is 0 Å².